The van der Waals surface area contributed by atoms with E-state index in [2.05, 4.69) is 11.8 Å². The highest BCUT2D eigenvalue weighted by atomic mass is 16.5. The van der Waals surface area contributed by atoms with Crippen LogP contribution in [0.3, 0.4) is 0 Å². The van der Waals surface area contributed by atoms with Gasteiger partial charge in [-0.1, -0.05) is 19.8 Å². The summed E-state index contributed by atoms with van der Waals surface area (Å²) in [7, 11) is 0. The Kier molecular flexibility index (Phi) is 5.93. The minimum atomic E-state index is -0.113. The Bertz CT molecular complexity index is 229. The number of likely N-dealkylation sites (tertiary alicyclic amines) is 1. The van der Waals surface area contributed by atoms with Gasteiger partial charge in [-0.3, -0.25) is 4.90 Å². The summed E-state index contributed by atoms with van der Waals surface area (Å²) in [5.74, 6) is 0.557. The molecule has 0 aromatic rings. The number of rotatable bonds is 6. The average molecular weight is 255 g/mol. The van der Waals surface area contributed by atoms with Gasteiger partial charge in [-0.05, 0) is 44.6 Å². The molecule has 3 nitrogen and oxygen atoms in total. The quantitative estimate of drug-likeness (QED) is 0.791. The van der Waals surface area contributed by atoms with Crippen LogP contribution in [0.4, 0.5) is 0 Å². The molecule has 2 fully saturated rings. The first-order valence-electron chi connectivity index (χ1n) is 7.81. The van der Waals surface area contributed by atoms with E-state index in [0.717, 1.165) is 32.7 Å². The molecule has 0 bridgehead atoms. The van der Waals surface area contributed by atoms with Gasteiger partial charge in [-0.15, -0.1) is 0 Å². The van der Waals surface area contributed by atoms with Crippen molar-refractivity contribution in [1.82, 2.24) is 4.90 Å². The van der Waals surface area contributed by atoms with Crippen LogP contribution in [-0.2, 0) is 4.74 Å². The molecular formula is C15H29NO2. The van der Waals surface area contributed by atoms with Crippen LogP contribution in [0, 0.1) is 5.92 Å². The minimum Gasteiger partial charge on any atom is -0.392 e. The summed E-state index contributed by atoms with van der Waals surface area (Å²) in [6, 6.07) is 0. The van der Waals surface area contributed by atoms with Crippen LogP contribution in [0.15, 0.2) is 0 Å². The molecule has 2 unspecified atom stereocenters. The number of hydrogen-bond donors (Lipinski definition) is 1. The Balaban J connectivity index is 1.71. The summed E-state index contributed by atoms with van der Waals surface area (Å²) in [4.78, 5) is 2.41. The summed E-state index contributed by atoms with van der Waals surface area (Å²) in [5.41, 5.74) is 0. The van der Waals surface area contributed by atoms with Crippen LogP contribution in [0.25, 0.3) is 0 Å². The average Bonchev–Trinajstić information content (AvgIpc) is 2.91. The van der Waals surface area contributed by atoms with Crippen molar-refractivity contribution in [3.05, 3.63) is 0 Å². The lowest BCUT2D eigenvalue weighted by molar-refractivity contribution is -0.0185. The molecule has 0 radical (unpaired) electrons. The zero-order valence-electron chi connectivity index (χ0n) is 11.8. The second-order valence-electron chi connectivity index (χ2n) is 6.01. The van der Waals surface area contributed by atoms with Crippen molar-refractivity contribution in [1.29, 1.82) is 0 Å². The number of hydrogen-bond acceptors (Lipinski definition) is 3. The molecule has 3 heteroatoms. The first-order valence-corrected chi connectivity index (χ1v) is 7.81. The van der Waals surface area contributed by atoms with Crippen molar-refractivity contribution in [3.63, 3.8) is 0 Å². The summed E-state index contributed by atoms with van der Waals surface area (Å²) >= 11 is 0. The predicted molar refractivity (Wildman–Crippen MR) is 73.7 cm³/mol. The van der Waals surface area contributed by atoms with Crippen LogP contribution in [0.2, 0.25) is 0 Å². The molecule has 0 spiro atoms. The van der Waals surface area contributed by atoms with Crippen molar-refractivity contribution >= 4 is 0 Å². The third-order valence-corrected chi connectivity index (χ3v) is 4.41. The Hall–Kier alpha value is -0.120. The van der Waals surface area contributed by atoms with Crippen LogP contribution < -0.4 is 0 Å². The van der Waals surface area contributed by atoms with E-state index in [9.17, 15) is 5.11 Å². The van der Waals surface area contributed by atoms with Gasteiger partial charge in [0.05, 0.1) is 12.2 Å². The molecule has 18 heavy (non-hydrogen) atoms. The lowest BCUT2D eigenvalue weighted by Crippen LogP contribution is -2.44. The molecule has 1 aliphatic carbocycles. The monoisotopic (exact) mass is 255 g/mol. The largest absolute Gasteiger partial charge is 0.392 e. The molecule has 1 N–H and O–H groups in total. The number of β-amino-alcohol motifs (C(OH)–C–C–N with tert-alkyl or cyclic N) is 1. The summed E-state index contributed by atoms with van der Waals surface area (Å²) in [6.07, 6.45) is 8.86. The SMILES string of the molecule is CCCOC1CCCN(CC(O)C2CCCC2)C1. The highest BCUT2D eigenvalue weighted by Crippen LogP contribution is 2.28. The summed E-state index contributed by atoms with van der Waals surface area (Å²) < 4.78 is 5.85. The van der Waals surface area contributed by atoms with Gasteiger partial charge in [0.25, 0.3) is 0 Å². The van der Waals surface area contributed by atoms with Crippen molar-refractivity contribution < 1.29 is 9.84 Å². The second kappa shape index (κ2) is 7.46. The summed E-state index contributed by atoms with van der Waals surface area (Å²) in [5, 5.41) is 10.3. The molecule has 2 aliphatic rings. The molecule has 1 saturated carbocycles. The molecule has 0 amide bonds. The molecule has 2 atom stereocenters. The maximum absolute atomic E-state index is 10.3. The molecule has 106 valence electrons. The Morgan fingerprint density at radius 1 is 1.22 bits per heavy atom. The molecule has 2 rings (SSSR count). The maximum Gasteiger partial charge on any atom is 0.0702 e. The van der Waals surface area contributed by atoms with E-state index in [4.69, 9.17) is 4.74 Å². The van der Waals surface area contributed by atoms with Gasteiger partial charge < -0.3 is 9.84 Å². The third kappa shape index (κ3) is 4.22. The van der Waals surface area contributed by atoms with E-state index in [1.165, 1.54) is 38.5 Å². The van der Waals surface area contributed by atoms with Crippen molar-refractivity contribution in [2.75, 3.05) is 26.2 Å². The number of piperidine rings is 1. The van der Waals surface area contributed by atoms with Gasteiger partial charge in [-0.25, -0.2) is 0 Å². The topological polar surface area (TPSA) is 32.7 Å². The van der Waals surface area contributed by atoms with Gasteiger partial charge in [0.2, 0.25) is 0 Å². The first kappa shape index (κ1) is 14.3. The normalized spacial score (nSPS) is 28.7. The minimum absolute atomic E-state index is 0.113. The molecule has 0 aromatic carbocycles. The van der Waals surface area contributed by atoms with Gasteiger partial charge in [0.15, 0.2) is 0 Å². The van der Waals surface area contributed by atoms with Crippen molar-refractivity contribution in [2.45, 2.75) is 64.1 Å². The van der Waals surface area contributed by atoms with Crippen LogP contribution in [0.1, 0.15) is 51.9 Å². The van der Waals surface area contributed by atoms with Crippen LogP contribution >= 0.6 is 0 Å². The molecule has 1 saturated heterocycles. The highest BCUT2D eigenvalue weighted by Gasteiger charge is 2.27. The zero-order chi connectivity index (χ0) is 12.8. The molecule has 1 heterocycles. The van der Waals surface area contributed by atoms with Gasteiger partial charge >= 0.3 is 0 Å². The standard InChI is InChI=1S/C15H29NO2/c1-2-10-18-14-8-5-9-16(11-14)12-15(17)13-6-3-4-7-13/h13-15,17H,2-12H2,1H3. The van der Waals surface area contributed by atoms with Crippen molar-refractivity contribution in [2.24, 2.45) is 5.92 Å². The summed E-state index contributed by atoms with van der Waals surface area (Å²) in [6.45, 7) is 6.05. The fraction of sp³-hybridized carbons (Fsp3) is 1.00. The Morgan fingerprint density at radius 3 is 2.72 bits per heavy atom. The number of nitrogens with zero attached hydrogens (tertiary/aromatic N) is 1. The van der Waals surface area contributed by atoms with Gasteiger partial charge in [0, 0.05) is 19.7 Å². The van der Waals surface area contributed by atoms with E-state index in [1.807, 2.05) is 0 Å². The number of aliphatic hydroxyl groups excluding tert-OH is 1. The van der Waals surface area contributed by atoms with Crippen LogP contribution in [-0.4, -0.2) is 48.5 Å². The third-order valence-electron chi connectivity index (χ3n) is 4.41. The van der Waals surface area contributed by atoms with E-state index in [0.29, 0.717) is 12.0 Å². The maximum atomic E-state index is 10.3. The fourth-order valence-electron chi connectivity index (χ4n) is 3.36. The second-order valence-corrected chi connectivity index (χ2v) is 6.01. The Morgan fingerprint density at radius 2 is 2.00 bits per heavy atom. The van der Waals surface area contributed by atoms with E-state index >= 15 is 0 Å². The number of aliphatic hydroxyl groups is 1. The number of ether oxygens (including phenoxy) is 1. The lowest BCUT2D eigenvalue weighted by atomic mass is 9.99. The first-order chi connectivity index (χ1) is 8.79. The highest BCUT2D eigenvalue weighted by molar-refractivity contribution is 4.80. The molecular weight excluding hydrogens is 226 g/mol. The fourth-order valence-corrected chi connectivity index (χ4v) is 3.36. The van der Waals surface area contributed by atoms with Gasteiger partial charge in [-0.2, -0.15) is 0 Å². The van der Waals surface area contributed by atoms with Gasteiger partial charge in [0.1, 0.15) is 0 Å². The smallest absolute Gasteiger partial charge is 0.0702 e. The van der Waals surface area contributed by atoms with E-state index < -0.39 is 0 Å². The van der Waals surface area contributed by atoms with Crippen molar-refractivity contribution in [3.8, 4) is 0 Å². The molecule has 0 aromatic heterocycles. The zero-order valence-corrected chi connectivity index (χ0v) is 11.8. The Labute approximate surface area is 112 Å². The predicted octanol–water partition coefficient (Wildman–Crippen LogP) is 2.43. The van der Waals surface area contributed by atoms with E-state index in [-0.39, 0.29) is 6.10 Å². The van der Waals surface area contributed by atoms with Crippen LogP contribution in [0.5, 0.6) is 0 Å². The van der Waals surface area contributed by atoms with E-state index in [1.54, 1.807) is 0 Å². The molecule has 1 aliphatic heterocycles. The lowest BCUT2D eigenvalue weighted by Gasteiger charge is -2.34.